The number of aromatic hydroxyl groups is 1. The molecule has 0 aliphatic carbocycles. The molecule has 1 aliphatic heterocycles. The van der Waals surface area contributed by atoms with Crippen LogP contribution in [0.5, 0.6) is 11.5 Å². The third-order valence-electron chi connectivity index (χ3n) is 5.14. The number of aryl methyl sites for hydroxylation is 1. The van der Waals surface area contributed by atoms with E-state index in [1.807, 2.05) is 26.0 Å². The van der Waals surface area contributed by atoms with E-state index in [0.29, 0.717) is 17.7 Å². The minimum Gasteiger partial charge on any atom is -0.507 e. The number of rotatable bonds is 6. The smallest absolute Gasteiger partial charge is 0.295 e. The van der Waals surface area contributed by atoms with Gasteiger partial charge in [-0.3, -0.25) is 9.59 Å². The molecule has 0 aromatic heterocycles. The molecule has 1 atom stereocenters. The van der Waals surface area contributed by atoms with E-state index in [-0.39, 0.29) is 22.8 Å². The van der Waals surface area contributed by atoms with Crippen LogP contribution in [0, 0.1) is 6.92 Å². The Morgan fingerprint density at radius 2 is 1.83 bits per heavy atom. The lowest BCUT2D eigenvalue weighted by Gasteiger charge is -2.25. The molecular weight excluding hydrogens is 370 g/mol. The Morgan fingerprint density at radius 1 is 1.14 bits per heavy atom. The molecule has 1 unspecified atom stereocenters. The van der Waals surface area contributed by atoms with Gasteiger partial charge in [-0.25, -0.2) is 0 Å². The molecule has 152 valence electrons. The Morgan fingerprint density at radius 3 is 2.45 bits per heavy atom. The minimum atomic E-state index is -0.752. The minimum absolute atomic E-state index is 0.0414. The summed E-state index contributed by atoms with van der Waals surface area (Å²) in [7, 11) is 1.43. The van der Waals surface area contributed by atoms with Crippen molar-refractivity contribution in [3.63, 3.8) is 0 Å². The summed E-state index contributed by atoms with van der Waals surface area (Å²) in [6.45, 7) is 4.32. The number of aliphatic hydroxyl groups excluding tert-OH is 1. The van der Waals surface area contributed by atoms with E-state index in [9.17, 15) is 19.8 Å². The number of methoxy groups -OCH3 is 1. The monoisotopic (exact) mass is 395 g/mol. The molecule has 1 saturated heterocycles. The van der Waals surface area contributed by atoms with Gasteiger partial charge in [0.2, 0.25) is 0 Å². The van der Waals surface area contributed by atoms with Crippen LogP contribution in [0.1, 0.15) is 42.5 Å². The number of carbonyl (C=O) groups is 2. The number of ether oxygens (including phenoxy) is 1. The number of hydrogen-bond acceptors (Lipinski definition) is 5. The van der Waals surface area contributed by atoms with Crippen molar-refractivity contribution >= 4 is 17.4 Å². The highest BCUT2D eigenvalue weighted by atomic mass is 16.5. The molecule has 1 heterocycles. The van der Waals surface area contributed by atoms with Crippen molar-refractivity contribution < 1.29 is 24.5 Å². The van der Waals surface area contributed by atoms with Crippen molar-refractivity contribution in [3.05, 3.63) is 64.7 Å². The average Bonchev–Trinajstić information content (AvgIpc) is 2.97. The average molecular weight is 395 g/mol. The van der Waals surface area contributed by atoms with Crippen LogP contribution in [-0.4, -0.2) is 40.5 Å². The number of likely N-dealkylation sites (tertiary alicyclic amines) is 1. The number of ketones is 1. The first kappa shape index (κ1) is 20.5. The molecule has 2 aromatic rings. The van der Waals surface area contributed by atoms with Gasteiger partial charge in [0, 0.05) is 12.1 Å². The molecule has 29 heavy (non-hydrogen) atoms. The summed E-state index contributed by atoms with van der Waals surface area (Å²) >= 11 is 0. The predicted molar refractivity (Wildman–Crippen MR) is 110 cm³/mol. The fourth-order valence-electron chi connectivity index (χ4n) is 3.52. The van der Waals surface area contributed by atoms with Gasteiger partial charge >= 0.3 is 0 Å². The summed E-state index contributed by atoms with van der Waals surface area (Å²) < 4.78 is 5.19. The molecule has 6 nitrogen and oxygen atoms in total. The van der Waals surface area contributed by atoms with Crippen LogP contribution in [0.15, 0.2) is 48.0 Å². The van der Waals surface area contributed by atoms with Gasteiger partial charge in [-0.15, -0.1) is 0 Å². The first-order valence-corrected chi connectivity index (χ1v) is 9.61. The van der Waals surface area contributed by atoms with Crippen LogP contribution in [0.25, 0.3) is 5.76 Å². The van der Waals surface area contributed by atoms with Crippen LogP contribution >= 0.6 is 0 Å². The molecule has 1 fully saturated rings. The number of nitrogens with zero attached hydrogens (tertiary/aromatic N) is 1. The van der Waals surface area contributed by atoms with Crippen molar-refractivity contribution in [3.8, 4) is 11.5 Å². The summed E-state index contributed by atoms with van der Waals surface area (Å²) in [4.78, 5) is 27.1. The van der Waals surface area contributed by atoms with Gasteiger partial charge in [0.25, 0.3) is 11.7 Å². The van der Waals surface area contributed by atoms with E-state index in [1.54, 1.807) is 24.3 Å². The lowest BCUT2D eigenvalue weighted by Crippen LogP contribution is -2.30. The highest BCUT2D eigenvalue weighted by molar-refractivity contribution is 6.46. The highest BCUT2D eigenvalue weighted by Gasteiger charge is 2.45. The Balaban J connectivity index is 2.18. The lowest BCUT2D eigenvalue weighted by atomic mass is 9.94. The zero-order valence-corrected chi connectivity index (χ0v) is 16.8. The maximum absolute atomic E-state index is 12.9. The number of hydrogen-bond donors (Lipinski definition) is 2. The topological polar surface area (TPSA) is 87.1 Å². The predicted octanol–water partition coefficient (Wildman–Crippen LogP) is 3.93. The van der Waals surface area contributed by atoms with Crippen molar-refractivity contribution in [2.45, 2.75) is 32.7 Å². The molecule has 0 saturated carbocycles. The van der Waals surface area contributed by atoms with Crippen molar-refractivity contribution in [2.24, 2.45) is 0 Å². The summed E-state index contributed by atoms with van der Waals surface area (Å²) in [6, 6.07) is 11.0. The maximum atomic E-state index is 12.9. The van der Waals surface area contributed by atoms with Crippen LogP contribution < -0.4 is 4.74 Å². The zero-order valence-electron chi connectivity index (χ0n) is 16.8. The third kappa shape index (κ3) is 3.83. The summed E-state index contributed by atoms with van der Waals surface area (Å²) in [5.74, 6) is -1.36. The second-order valence-corrected chi connectivity index (χ2v) is 7.14. The van der Waals surface area contributed by atoms with Gasteiger partial charge < -0.3 is 19.8 Å². The standard InChI is InChI=1S/C23H25NO5/c1-4-5-12-24-20(16-10-11-17(25)18(13-16)29-3)19(22(27)23(24)28)21(26)15-8-6-14(2)7-9-15/h6-11,13,20,25-26H,4-5,12H2,1-3H3/b21-19+. The van der Waals surface area contributed by atoms with Crippen LogP contribution in [-0.2, 0) is 9.59 Å². The molecule has 1 aliphatic rings. The highest BCUT2D eigenvalue weighted by Crippen LogP contribution is 2.41. The number of unbranched alkanes of at least 4 members (excludes halogenated alkanes) is 1. The Labute approximate surface area is 170 Å². The quantitative estimate of drug-likeness (QED) is 0.440. The summed E-state index contributed by atoms with van der Waals surface area (Å²) in [6.07, 6.45) is 1.58. The first-order chi connectivity index (χ1) is 13.9. The fraction of sp³-hybridized carbons (Fsp3) is 0.304. The number of aliphatic hydroxyl groups is 1. The van der Waals surface area contributed by atoms with Crippen molar-refractivity contribution in [1.82, 2.24) is 4.90 Å². The van der Waals surface area contributed by atoms with E-state index in [1.165, 1.54) is 18.1 Å². The Kier molecular flexibility index (Phi) is 5.92. The van der Waals surface area contributed by atoms with Gasteiger partial charge in [0.05, 0.1) is 18.7 Å². The number of benzene rings is 2. The lowest BCUT2D eigenvalue weighted by molar-refractivity contribution is -0.139. The van der Waals surface area contributed by atoms with Crippen LogP contribution in [0.3, 0.4) is 0 Å². The van der Waals surface area contributed by atoms with E-state index in [2.05, 4.69) is 0 Å². The second kappa shape index (κ2) is 8.39. The number of carbonyl (C=O) groups excluding carboxylic acids is 2. The summed E-state index contributed by atoms with van der Waals surface area (Å²) in [5.41, 5.74) is 2.12. The third-order valence-corrected chi connectivity index (χ3v) is 5.14. The number of phenols is 1. The first-order valence-electron chi connectivity index (χ1n) is 9.61. The van der Waals surface area contributed by atoms with E-state index >= 15 is 0 Å². The van der Waals surface area contributed by atoms with Crippen molar-refractivity contribution in [1.29, 1.82) is 0 Å². The second-order valence-electron chi connectivity index (χ2n) is 7.14. The molecule has 1 amide bonds. The SMILES string of the molecule is CCCCN1C(=O)C(=O)/C(=C(/O)c2ccc(C)cc2)C1c1ccc(O)c(OC)c1. The Hall–Kier alpha value is -3.28. The summed E-state index contributed by atoms with van der Waals surface area (Å²) in [5, 5.41) is 20.9. The molecule has 0 bridgehead atoms. The van der Waals surface area contributed by atoms with E-state index in [4.69, 9.17) is 4.74 Å². The normalized spacial score (nSPS) is 18.3. The number of Topliss-reactive ketones (excluding diaryl/α,β-unsaturated/α-hetero) is 1. The van der Waals surface area contributed by atoms with E-state index in [0.717, 1.165) is 18.4 Å². The fourth-order valence-corrected chi connectivity index (χ4v) is 3.52. The molecule has 6 heteroatoms. The zero-order chi connectivity index (χ0) is 21.1. The molecular formula is C23H25NO5. The van der Waals surface area contributed by atoms with Gasteiger partial charge in [-0.2, -0.15) is 0 Å². The molecule has 0 radical (unpaired) electrons. The van der Waals surface area contributed by atoms with Crippen molar-refractivity contribution in [2.75, 3.05) is 13.7 Å². The Bertz CT molecular complexity index is 962. The molecule has 2 N–H and O–H groups in total. The molecule has 3 rings (SSSR count). The number of phenolic OH excluding ortho intramolecular Hbond substituents is 1. The van der Waals surface area contributed by atoms with Gasteiger partial charge in [-0.1, -0.05) is 49.2 Å². The maximum Gasteiger partial charge on any atom is 0.295 e. The molecule has 0 spiro atoms. The van der Waals surface area contributed by atoms with Gasteiger partial charge in [-0.05, 0) is 31.0 Å². The van der Waals surface area contributed by atoms with Gasteiger partial charge in [0.1, 0.15) is 5.76 Å². The number of amides is 1. The van der Waals surface area contributed by atoms with Crippen LogP contribution in [0.2, 0.25) is 0 Å². The van der Waals surface area contributed by atoms with E-state index < -0.39 is 17.7 Å². The van der Waals surface area contributed by atoms with Gasteiger partial charge in [0.15, 0.2) is 11.5 Å². The van der Waals surface area contributed by atoms with Crippen LogP contribution in [0.4, 0.5) is 0 Å². The molecule has 2 aromatic carbocycles. The largest absolute Gasteiger partial charge is 0.507 e.